The number of hydrogen-bond acceptors (Lipinski definition) is 0. The quantitative estimate of drug-likeness (QED) is 0.611. The first kappa shape index (κ1) is 8.26. The molecule has 0 spiro atoms. The van der Waals surface area contributed by atoms with E-state index in [9.17, 15) is 0 Å². The SMILES string of the molecule is ClCC(Cl)C1CC1(Cl)Cl. The summed E-state index contributed by atoms with van der Waals surface area (Å²) >= 11 is 22.6. The van der Waals surface area contributed by atoms with E-state index in [1.54, 1.807) is 0 Å². The molecule has 1 aliphatic carbocycles. The van der Waals surface area contributed by atoms with Gasteiger partial charge < -0.3 is 0 Å². The molecule has 2 unspecified atom stereocenters. The molecular formula is C5H6Cl4. The minimum Gasteiger partial charge on any atom is -0.125 e. The summed E-state index contributed by atoms with van der Waals surface area (Å²) in [4.78, 5) is 0. The van der Waals surface area contributed by atoms with Gasteiger partial charge >= 0.3 is 0 Å². The molecule has 0 aromatic rings. The van der Waals surface area contributed by atoms with Crippen molar-refractivity contribution in [3.63, 3.8) is 0 Å². The smallest absolute Gasteiger partial charge is 0.123 e. The second kappa shape index (κ2) is 2.65. The number of hydrogen-bond donors (Lipinski definition) is 0. The summed E-state index contributed by atoms with van der Waals surface area (Å²) in [5.41, 5.74) is 0. The van der Waals surface area contributed by atoms with Crippen LogP contribution in [0.15, 0.2) is 0 Å². The summed E-state index contributed by atoms with van der Waals surface area (Å²) in [6.07, 6.45) is 0.775. The van der Waals surface area contributed by atoms with Crippen LogP contribution in [-0.4, -0.2) is 15.6 Å². The molecule has 0 aromatic heterocycles. The van der Waals surface area contributed by atoms with Crippen LogP contribution >= 0.6 is 46.4 Å². The standard InChI is InChI=1S/C5H6Cl4/c6-2-4(7)3-1-5(3,8)9/h3-4H,1-2H2. The van der Waals surface area contributed by atoms with Crippen molar-refractivity contribution in [2.45, 2.75) is 16.1 Å². The van der Waals surface area contributed by atoms with E-state index < -0.39 is 4.33 Å². The molecule has 0 heterocycles. The second-order valence-corrected chi connectivity index (χ2v) is 4.65. The zero-order chi connectivity index (χ0) is 7.07. The minimum atomic E-state index is -0.582. The number of alkyl halides is 4. The Labute approximate surface area is 74.4 Å². The zero-order valence-corrected chi connectivity index (χ0v) is 7.60. The summed E-state index contributed by atoms with van der Waals surface area (Å²) in [6, 6.07) is 0. The van der Waals surface area contributed by atoms with Crippen molar-refractivity contribution >= 4 is 46.4 Å². The molecule has 0 bridgehead atoms. The third-order valence-corrected chi connectivity index (χ3v) is 3.28. The van der Waals surface area contributed by atoms with Crippen molar-refractivity contribution in [1.29, 1.82) is 0 Å². The van der Waals surface area contributed by atoms with Gasteiger partial charge in [-0.25, -0.2) is 0 Å². The van der Waals surface area contributed by atoms with Crippen molar-refractivity contribution in [3.8, 4) is 0 Å². The molecule has 0 radical (unpaired) electrons. The molecule has 0 aliphatic heterocycles. The maximum absolute atomic E-state index is 5.75. The van der Waals surface area contributed by atoms with Crippen LogP contribution in [0.2, 0.25) is 0 Å². The van der Waals surface area contributed by atoms with Gasteiger partial charge in [-0.05, 0) is 6.42 Å². The normalized spacial score (nSPS) is 34.0. The summed E-state index contributed by atoms with van der Waals surface area (Å²) in [7, 11) is 0. The van der Waals surface area contributed by atoms with E-state index in [0.29, 0.717) is 5.88 Å². The Kier molecular flexibility index (Phi) is 2.44. The molecule has 1 fully saturated rings. The summed E-state index contributed by atoms with van der Waals surface area (Å²) in [6.45, 7) is 0. The van der Waals surface area contributed by atoms with E-state index in [1.165, 1.54) is 0 Å². The molecule has 9 heavy (non-hydrogen) atoms. The van der Waals surface area contributed by atoms with Gasteiger partial charge in [0.1, 0.15) is 4.33 Å². The third kappa shape index (κ3) is 1.80. The Hall–Kier alpha value is 1.16. The average molecular weight is 208 g/mol. The highest BCUT2D eigenvalue weighted by molar-refractivity contribution is 6.51. The molecular weight excluding hydrogens is 202 g/mol. The molecule has 0 amide bonds. The van der Waals surface area contributed by atoms with Crippen molar-refractivity contribution in [1.82, 2.24) is 0 Å². The van der Waals surface area contributed by atoms with Crippen LogP contribution in [0.5, 0.6) is 0 Å². The van der Waals surface area contributed by atoms with Gasteiger partial charge in [0.05, 0.1) is 5.38 Å². The monoisotopic (exact) mass is 206 g/mol. The Morgan fingerprint density at radius 1 is 1.56 bits per heavy atom. The molecule has 54 valence electrons. The Balaban J connectivity index is 2.33. The molecule has 2 atom stereocenters. The van der Waals surface area contributed by atoms with Crippen molar-refractivity contribution in [3.05, 3.63) is 0 Å². The maximum Gasteiger partial charge on any atom is 0.123 e. The van der Waals surface area contributed by atoms with Crippen molar-refractivity contribution in [2.75, 3.05) is 5.88 Å². The van der Waals surface area contributed by atoms with Gasteiger partial charge in [-0.2, -0.15) is 0 Å². The van der Waals surface area contributed by atoms with E-state index in [0.717, 1.165) is 6.42 Å². The van der Waals surface area contributed by atoms with Crippen molar-refractivity contribution in [2.24, 2.45) is 5.92 Å². The van der Waals surface area contributed by atoms with E-state index in [4.69, 9.17) is 46.4 Å². The van der Waals surface area contributed by atoms with Crippen LogP contribution in [0.1, 0.15) is 6.42 Å². The average Bonchev–Trinajstić information content (AvgIpc) is 2.38. The lowest BCUT2D eigenvalue weighted by molar-refractivity contribution is 0.804. The first-order valence-corrected chi connectivity index (χ1v) is 4.38. The fourth-order valence-corrected chi connectivity index (χ4v) is 2.02. The fraction of sp³-hybridized carbons (Fsp3) is 1.00. The number of rotatable bonds is 2. The molecule has 0 saturated heterocycles. The highest BCUT2D eigenvalue weighted by atomic mass is 35.5. The lowest BCUT2D eigenvalue weighted by atomic mass is 10.3. The van der Waals surface area contributed by atoms with Gasteiger partial charge in [-0.3, -0.25) is 0 Å². The van der Waals surface area contributed by atoms with Crippen LogP contribution in [0.25, 0.3) is 0 Å². The molecule has 4 heteroatoms. The van der Waals surface area contributed by atoms with Gasteiger partial charge in [0.15, 0.2) is 0 Å². The topological polar surface area (TPSA) is 0 Å². The Morgan fingerprint density at radius 3 is 2.11 bits per heavy atom. The molecule has 1 aliphatic rings. The first-order valence-electron chi connectivity index (χ1n) is 2.66. The van der Waals surface area contributed by atoms with E-state index >= 15 is 0 Å². The molecule has 0 N–H and O–H groups in total. The van der Waals surface area contributed by atoms with Crippen molar-refractivity contribution < 1.29 is 0 Å². The molecule has 1 rings (SSSR count). The van der Waals surface area contributed by atoms with Crippen LogP contribution in [-0.2, 0) is 0 Å². The highest BCUT2D eigenvalue weighted by Crippen LogP contribution is 2.56. The van der Waals surface area contributed by atoms with Gasteiger partial charge in [0.25, 0.3) is 0 Å². The van der Waals surface area contributed by atoms with Gasteiger partial charge in [-0.1, -0.05) is 0 Å². The highest BCUT2D eigenvalue weighted by Gasteiger charge is 2.54. The fourth-order valence-electron chi connectivity index (χ4n) is 0.734. The Morgan fingerprint density at radius 2 is 2.00 bits per heavy atom. The second-order valence-electron chi connectivity index (χ2n) is 2.24. The third-order valence-electron chi connectivity index (χ3n) is 1.46. The Bertz CT molecular complexity index is 112. The predicted octanol–water partition coefficient (Wildman–Crippen LogP) is 3.03. The van der Waals surface area contributed by atoms with E-state index in [1.807, 2.05) is 0 Å². The lowest BCUT2D eigenvalue weighted by Crippen LogP contribution is -2.07. The minimum absolute atomic E-state index is 0.0679. The molecule has 1 saturated carbocycles. The molecule has 0 aromatic carbocycles. The largest absolute Gasteiger partial charge is 0.125 e. The maximum atomic E-state index is 5.75. The van der Waals surface area contributed by atoms with Crippen LogP contribution in [0.3, 0.4) is 0 Å². The first-order chi connectivity index (χ1) is 4.08. The zero-order valence-electron chi connectivity index (χ0n) is 4.58. The van der Waals surface area contributed by atoms with Gasteiger partial charge in [0.2, 0.25) is 0 Å². The number of halogens is 4. The van der Waals surface area contributed by atoms with Gasteiger partial charge in [0, 0.05) is 11.8 Å². The molecule has 0 nitrogen and oxygen atoms in total. The summed E-state index contributed by atoms with van der Waals surface area (Å²) in [5.74, 6) is 0.618. The van der Waals surface area contributed by atoms with Gasteiger partial charge in [-0.15, -0.1) is 46.4 Å². The van der Waals surface area contributed by atoms with E-state index in [2.05, 4.69) is 0 Å². The van der Waals surface area contributed by atoms with Crippen LogP contribution in [0.4, 0.5) is 0 Å². The van der Waals surface area contributed by atoms with E-state index in [-0.39, 0.29) is 11.3 Å². The summed E-state index contributed by atoms with van der Waals surface area (Å²) in [5, 5.41) is -0.0679. The summed E-state index contributed by atoms with van der Waals surface area (Å²) < 4.78 is -0.582. The lowest BCUT2D eigenvalue weighted by Gasteiger charge is -2.02. The van der Waals surface area contributed by atoms with Crippen LogP contribution < -0.4 is 0 Å². The van der Waals surface area contributed by atoms with Crippen LogP contribution in [0, 0.1) is 5.92 Å². The predicted molar refractivity (Wildman–Crippen MR) is 42.9 cm³/mol.